The van der Waals surface area contributed by atoms with Gasteiger partial charge in [-0.05, 0) is 23.8 Å². The number of hydrogen-bond donors (Lipinski definition) is 1. The van der Waals surface area contributed by atoms with E-state index in [1.807, 2.05) is 0 Å². The van der Waals surface area contributed by atoms with Crippen molar-refractivity contribution in [2.24, 2.45) is 5.73 Å². The normalized spacial score (nSPS) is 13.1. The summed E-state index contributed by atoms with van der Waals surface area (Å²) in [6, 6.07) is 3.21. The molecule has 106 valence electrons. The number of methoxy groups -OCH3 is 1. The van der Waals surface area contributed by atoms with Gasteiger partial charge in [0, 0.05) is 12.4 Å². The molecule has 2 rings (SSSR count). The Balaban J connectivity index is 2.26. The van der Waals surface area contributed by atoms with Crippen molar-refractivity contribution in [3.05, 3.63) is 53.6 Å². The molecule has 0 bridgehead atoms. The van der Waals surface area contributed by atoms with Crippen LogP contribution in [0.2, 0.25) is 0 Å². The van der Waals surface area contributed by atoms with Crippen LogP contribution in [0.15, 0.2) is 36.8 Å². The van der Waals surface area contributed by atoms with Gasteiger partial charge in [-0.2, -0.15) is 13.2 Å². The molecule has 20 heavy (non-hydrogen) atoms. The highest BCUT2D eigenvalue weighted by molar-refractivity contribution is 5.31. The van der Waals surface area contributed by atoms with Crippen LogP contribution in [-0.2, 0) is 6.18 Å². The molecule has 0 saturated heterocycles. The van der Waals surface area contributed by atoms with Gasteiger partial charge in [0.1, 0.15) is 5.75 Å². The summed E-state index contributed by atoms with van der Waals surface area (Å²) in [5, 5.41) is 0. The Morgan fingerprint density at radius 1 is 1.20 bits per heavy atom. The van der Waals surface area contributed by atoms with E-state index < -0.39 is 17.8 Å². The predicted molar refractivity (Wildman–Crippen MR) is 66.1 cm³/mol. The SMILES string of the molecule is COc1cncc(C(N)c2ccc(C(F)(F)F)cn2)c1. The number of hydrogen-bond acceptors (Lipinski definition) is 4. The van der Waals surface area contributed by atoms with Crippen molar-refractivity contribution in [3.63, 3.8) is 0 Å². The molecule has 0 aliphatic carbocycles. The van der Waals surface area contributed by atoms with Crippen LogP contribution >= 0.6 is 0 Å². The zero-order chi connectivity index (χ0) is 14.8. The Hall–Kier alpha value is -2.15. The highest BCUT2D eigenvalue weighted by atomic mass is 19.4. The highest BCUT2D eigenvalue weighted by Crippen LogP contribution is 2.29. The molecule has 1 atom stereocenters. The lowest BCUT2D eigenvalue weighted by molar-refractivity contribution is -0.137. The number of rotatable bonds is 3. The quantitative estimate of drug-likeness (QED) is 0.940. The maximum absolute atomic E-state index is 12.4. The number of alkyl halides is 3. The summed E-state index contributed by atoms with van der Waals surface area (Å²) in [5.41, 5.74) is 6.09. The lowest BCUT2D eigenvalue weighted by Crippen LogP contribution is -2.15. The molecule has 0 aromatic carbocycles. The van der Waals surface area contributed by atoms with Crippen molar-refractivity contribution < 1.29 is 17.9 Å². The van der Waals surface area contributed by atoms with E-state index in [4.69, 9.17) is 10.5 Å². The van der Waals surface area contributed by atoms with Crippen molar-refractivity contribution in [3.8, 4) is 5.75 Å². The second-order valence-corrected chi connectivity index (χ2v) is 4.11. The largest absolute Gasteiger partial charge is 0.495 e. The molecular weight excluding hydrogens is 271 g/mol. The molecule has 4 nitrogen and oxygen atoms in total. The molecule has 1 unspecified atom stereocenters. The van der Waals surface area contributed by atoms with Gasteiger partial charge < -0.3 is 10.5 Å². The fourth-order valence-electron chi connectivity index (χ4n) is 1.65. The lowest BCUT2D eigenvalue weighted by atomic mass is 10.1. The predicted octanol–water partition coefficient (Wildman–Crippen LogP) is 2.55. The molecule has 0 aliphatic rings. The van der Waals surface area contributed by atoms with Crippen LogP contribution in [0.4, 0.5) is 13.2 Å². The van der Waals surface area contributed by atoms with Gasteiger partial charge in [-0.3, -0.25) is 9.97 Å². The average Bonchev–Trinajstić information content (AvgIpc) is 2.46. The molecule has 2 aromatic heterocycles. The number of ether oxygens (including phenoxy) is 1. The first-order valence-electron chi connectivity index (χ1n) is 5.69. The minimum absolute atomic E-state index is 0.327. The fraction of sp³-hybridized carbons (Fsp3) is 0.231. The van der Waals surface area contributed by atoms with Gasteiger partial charge in [0.05, 0.1) is 30.6 Å². The summed E-state index contributed by atoms with van der Waals surface area (Å²) in [6.45, 7) is 0. The molecule has 0 fully saturated rings. The zero-order valence-electron chi connectivity index (χ0n) is 10.6. The Bertz CT molecular complexity index is 584. The second kappa shape index (κ2) is 5.46. The molecule has 0 radical (unpaired) electrons. The molecule has 0 saturated carbocycles. The van der Waals surface area contributed by atoms with Crippen LogP contribution in [0, 0.1) is 0 Å². The monoisotopic (exact) mass is 283 g/mol. The van der Waals surface area contributed by atoms with E-state index >= 15 is 0 Å². The molecule has 7 heteroatoms. The Labute approximate surface area is 113 Å². The van der Waals surface area contributed by atoms with Gasteiger partial charge in [0.2, 0.25) is 0 Å². The number of pyridine rings is 2. The summed E-state index contributed by atoms with van der Waals surface area (Å²) in [7, 11) is 1.49. The third-order valence-electron chi connectivity index (χ3n) is 2.76. The maximum Gasteiger partial charge on any atom is 0.417 e. The Morgan fingerprint density at radius 3 is 2.50 bits per heavy atom. The van der Waals surface area contributed by atoms with E-state index in [0.29, 0.717) is 17.0 Å². The first-order chi connectivity index (χ1) is 9.41. The number of nitrogens with zero attached hydrogens (tertiary/aromatic N) is 2. The summed E-state index contributed by atoms with van der Waals surface area (Å²) >= 11 is 0. The van der Waals surface area contributed by atoms with Crippen LogP contribution in [0.3, 0.4) is 0 Å². The van der Waals surface area contributed by atoms with Crippen LogP contribution < -0.4 is 10.5 Å². The topological polar surface area (TPSA) is 61.0 Å². The molecule has 0 amide bonds. The minimum Gasteiger partial charge on any atom is -0.495 e. The van der Waals surface area contributed by atoms with Gasteiger partial charge in [-0.1, -0.05) is 0 Å². The van der Waals surface area contributed by atoms with Crippen molar-refractivity contribution in [1.82, 2.24) is 9.97 Å². The van der Waals surface area contributed by atoms with E-state index in [9.17, 15) is 13.2 Å². The summed E-state index contributed by atoms with van der Waals surface area (Å²) in [5.74, 6) is 0.518. The third-order valence-corrected chi connectivity index (χ3v) is 2.76. The van der Waals surface area contributed by atoms with Crippen molar-refractivity contribution in [2.75, 3.05) is 7.11 Å². The molecule has 2 heterocycles. The van der Waals surface area contributed by atoms with E-state index in [-0.39, 0.29) is 0 Å². The van der Waals surface area contributed by atoms with E-state index in [1.54, 1.807) is 6.07 Å². The zero-order valence-corrected chi connectivity index (χ0v) is 10.6. The van der Waals surface area contributed by atoms with E-state index in [1.165, 1.54) is 25.6 Å². The van der Waals surface area contributed by atoms with Crippen LogP contribution in [0.1, 0.15) is 22.9 Å². The second-order valence-electron chi connectivity index (χ2n) is 4.11. The first kappa shape index (κ1) is 14.3. The lowest BCUT2D eigenvalue weighted by Gasteiger charge is -2.13. The van der Waals surface area contributed by atoms with Gasteiger partial charge in [-0.25, -0.2) is 0 Å². The van der Waals surface area contributed by atoms with Crippen molar-refractivity contribution >= 4 is 0 Å². The average molecular weight is 283 g/mol. The molecule has 2 N–H and O–H groups in total. The summed E-state index contributed by atoms with van der Waals surface area (Å²) in [6.07, 6.45) is -0.612. The Kier molecular flexibility index (Phi) is 3.89. The molecule has 0 aliphatic heterocycles. The van der Waals surface area contributed by atoms with Crippen molar-refractivity contribution in [1.29, 1.82) is 0 Å². The van der Waals surface area contributed by atoms with Gasteiger partial charge in [0.25, 0.3) is 0 Å². The minimum atomic E-state index is -4.41. The molecule has 2 aromatic rings. The molecule has 0 spiro atoms. The van der Waals surface area contributed by atoms with Gasteiger partial charge >= 0.3 is 6.18 Å². The summed E-state index contributed by atoms with van der Waals surface area (Å²) in [4.78, 5) is 7.71. The van der Waals surface area contributed by atoms with Crippen LogP contribution in [0.5, 0.6) is 5.75 Å². The van der Waals surface area contributed by atoms with Gasteiger partial charge in [-0.15, -0.1) is 0 Å². The fourth-order valence-corrected chi connectivity index (χ4v) is 1.65. The third kappa shape index (κ3) is 3.05. The maximum atomic E-state index is 12.4. The van der Waals surface area contributed by atoms with E-state index in [0.717, 1.165) is 12.3 Å². The Morgan fingerprint density at radius 2 is 1.95 bits per heavy atom. The number of aromatic nitrogens is 2. The standard InChI is InChI=1S/C13H12F3N3O/c1-20-10-4-8(5-18-7-10)12(17)11-3-2-9(6-19-11)13(14,15)16/h2-7,12H,17H2,1H3. The van der Waals surface area contributed by atoms with Crippen LogP contribution in [-0.4, -0.2) is 17.1 Å². The van der Waals surface area contributed by atoms with Gasteiger partial charge in [0.15, 0.2) is 0 Å². The molecular formula is C13H12F3N3O. The highest BCUT2D eigenvalue weighted by Gasteiger charge is 2.30. The number of halogens is 3. The number of nitrogens with two attached hydrogens (primary N) is 1. The van der Waals surface area contributed by atoms with Crippen molar-refractivity contribution in [2.45, 2.75) is 12.2 Å². The van der Waals surface area contributed by atoms with E-state index in [2.05, 4.69) is 9.97 Å². The first-order valence-corrected chi connectivity index (χ1v) is 5.69. The smallest absolute Gasteiger partial charge is 0.417 e. The summed E-state index contributed by atoms with van der Waals surface area (Å²) < 4.78 is 42.4. The van der Waals surface area contributed by atoms with Crippen LogP contribution in [0.25, 0.3) is 0 Å².